The molecule has 2 aromatic rings. The summed E-state index contributed by atoms with van der Waals surface area (Å²) in [6.07, 6.45) is 4.36. The quantitative estimate of drug-likeness (QED) is 0.609. The van der Waals surface area contributed by atoms with Crippen LogP contribution in [0.5, 0.6) is 0 Å². The van der Waals surface area contributed by atoms with Crippen LogP contribution >= 0.6 is 0 Å². The van der Waals surface area contributed by atoms with Gasteiger partial charge in [0.25, 0.3) is 0 Å². The van der Waals surface area contributed by atoms with Crippen LogP contribution in [-0.4, -0.2) is 7.11 Å². The van der Waals surface area contributed by atoms with Crippen LogP contribution in [0.15, 0.2) is 30.3 Å². The fourth-order valence-corrected chi connectivity index (χ4v) is 2.26. The van der Waals surface area contributed by atoms with E-state index >= 15 is 0 Å². The molecule has 0 aliphatic heterocycles. The summed E-state index contributed by atoms with van der Waals surface area (Å²) < 4.78 is 5.21. The van der Waals surface area contributed by atoms with Crippen LogP contribution < -0.4 is 0 Å². The van der Waals surface area contributed by atoms with E-state index < -0.39 is 0 Å². The standard InChI is InChI=1S/C14H12O/c1-15-9-12-6-5-10-3-2-4-11-7-8-13(12)14(10)11/h2-8H,9H2,1H3. The second-order valence-electron chi connectivity index (χ2n) is 3.85. The Morgan fingerprint density at radius 3 is 2.87 bits per heavy atom. The van der Waals surface area contributed by atoms with Gasteiger partial charge in [-0.15, -0.1) is 0 Å². The molecule has 74 valence electrons. The molecule has 0 atom stereocenters. The monoisotopic (exact) mass is 196 g/mol. The van der Waals surface area contributed by atoms with E-state index in [4.69, 9.17) is 4.74 Å². The molecule has 0 saturated carbocycles. The lowest BCUT2D eigenvalue weighted by Crippen LogP contribution is -1.91. The zero-order valence-electron chi connectivity index (χ0n) is 8.66. The summed E-state index contributed by atoms with van der Waals surface area (Å²) in [5.41, 5.74) is 3.91. The van der Waals surface area contributed by atoms with Gasteiger partial charge in [0.15, 0.2) is 0 Å². The van der Waals surface area contributed by atoms with Crippen molar-refractivity contribution in [2.75, 3.05) is 7.11 Å². The highest BCUT2D eigenvalue weighted by Gasteiger charge is 2.11. The molecule has 0 aromatic heterocycles. The van der Waals surface area contributed by atoms with Crippen LogP contribution in [0.4, 0.5) is 0 Å². The van der Waals surface area contributed by atoms with Crippen molar-refractivity contribution in [3.63, 3.8) is 0 Å². The van der Waals surface area contributed by atoms with Crippen molar-refractivity contribution in [2.45, 2.75) is 6.61 Å². The predicted octanol–water partition coefficient (Wildman–Crippen LogP) is 3.47. The predicted molar refractivity (Wildman–Crippen MR) is 63.6 cm³/mol. The molecule has 3 rings (SSSR count). The van der Waals surface area contributed by atoms with Gasteiger partial charge in [0.1, 0.15) is 0 Å². The Labute approximate surface area is 89.0 Å². The third kappa shape index (κ3) is 1.20. The molecule has 1 nitrogen and oxygen atoms in total. The molecule has 0 unspecified atom stereocenters. The first kappa shape index (κ1) is 8.69. The second kappa shape index (κ2) is 3.21. The van der Waals surface area contributed by atoms with Crippen molar-refractivity contribution in [2.24, 2.45) is 0 Å². The molecule has 2 aromatic carbocycles. The molecule has 0 spiro atoms. The number of ether oxygens (including phenoxy) is 1. The van der Waals surface area contributed by atoms with E-state index in [0.717, 1.165) is 0 Å². The molecular weight excluding hydrogens is 184 g/mol. The molecule has 0 N–H and O–H groups in total. The van der Waals surface area contributed by atoms with Gasteiger partial charge < -0.3 is 4.74 Å². The lowest BCUT2D eigenvalue weighted by molar-refractivity contribution is 0.185. The first-order valence-corrected chi connectivity index (χ1v) is 5.12. The minimum absolute atomic E-state index is 0.684. The van der Waals surface area contributed by atoms with E-state index in [1.54, 1.807) is 7.11 Å². The number of hydrogen-bond donors (Lipinski definition) is 0. The maximum absolute atomic E-state index is 5.21. The van der Waals surface area contributed by atoms with Crippen molar-refractivity contribution in [3.8, 4) is 0 Å². The number of methoxy groups -OCH3 is 1. The summed E-state index contributed by atoms with van der Waals surface area (Å²) in [6.45, 7) is 0.684. The van der Waals surface area contributed by atoms with Gasteiger partial charge in [-0.2, -0.15) is 0 Å². The zero-order chi connectivity index (χ0) is 10.3. The van der Waals surface area contributed by atoms with Crippen LogP contribution in [0.1, 0.15) is 16.7 Å². The fourth-order valence-electron chi connectivity index (χ4n) is 2.26. The molecule has 15 heavy (non-hydrogen) atoms. The van der Waals surface area contributed by atoms with E-state index in [1.165, 1.54) is 27.5 Å². The van der Waals surface area contributed by atoms with Crippen LogP contribution in [0.3, 0.4) is 0 Å². The molecule has 0 heterocycles. The van der Waals surface area contributed by atoms with Crippen LogP contribution in [0.25, 0.3) is 22.9 Å². The highest BCUT2D eigenvalue weighted by atomic mass is 16.5. The average Bonchev–Trinajstić information content (AvgIpc) is 2.69. The summed E-state index contributed by atoms with van der Waals surface area (Å²) in [7, 11) is 1.74. The molecule has 0 fully saturated rings. The Morgan fingerprint density at radius 1 is 1.07 bits per heavy atom. The average molecular weight is 196 g/mol. The Hall–Kier alpha value is -1.60. The Balaban J connectivity index is 2.35. The number of benzene rings is 2. The van der Waals surface area contributed by atoms with Crippen LogP contribution in [0, 0.1) is 0 Å². The SMILES string of the molecule is COCc1ccc2cccc3c2c1C=C3. The smallest absolute Gasteiger partial charge is 0.0719 e. The van der Waals surface area contributed by atoms with Gasteiger partial charge in [-0.1, -0.05) is 42.5 Å². The Kier molecular flexibility index (Phi) is 1.86. The zero-order valence-corrected chi connectivity index (χ0v) is 8.66. The molecule has 0 radical (unpaired) electrons. The second-order valence-corrected chi connectivity index (χ2v) is 3.85. The van der Waals surface area contributed by atoms with Crippen molar-refractivity contribution >= 4 is 22.9 Å². The lowest BCUT2D eigenvalue weighted by Gasteiger charge is -2.07. The summed E-state index contributed by atoms with van der Waals surface area (Å²) >= 11 is 0. The Morgan fingerprint density at radius 2 is 2.00 bits per heavy atom. The molecule has 1 aliphatic rings. The van der Waals surface area contributed by atoms with Gasteiger partial charge >= 0.3 is 0 Å². The van der Waals surface area contributed by atoms with E-state index in [9.17, 15) is 0 Å². The minimum Gasteiger partial charge on any atom is -0.380 e. The number of hydrogen-bond acceptors (Lipinski definition) is 1. The molecule has 1 heteroatoms. The van der Waals surface area contributed by atoms with E-state index in [1.807, 2.05) is 0 Å². The third-order valence-electron chi connectivity index (χ3n) is 2.94. The van der Waals surface area contributed by atoms with Crippen LogP contribution in [0.2, 0.25) is 0 Å². The van der Waals surface area contributed by atoms with Crippen molar-refractivity contribution in [3.05, 3.63) is 47.0 Å². The Bertz CT molecular complexity index is 553. The van der Waals surface area contributed by atoms with Crippen molar-refractivity contribution in [1.29, 1.82) is 0 Å². The molecule has 1 aliphatic carbocycles. The normalized spacial score (nSPS) is 12.6. The first-order chi connectivity index (χ1) is 7.40. The van der Waals surface area contributed by atoms with Gasteiger partial charge in [0.2, 0.25) is 0 Å². The summed E-state index contributed by atoms with van der Waals surface area (Å²) in [6, 6.07) is 10.7. The van der Waals surface area contributed by atoms with E-state index in [0.29, 0.717) is 6.61 Å². The first-order valence-electron chi connectivity index (χ1n) is 5.12. The summed E-state index contributed by atoms with van der Waals surface area (Å²) in [5, 5.41) is 2.68. The van der Waals surface area contributed by atoms with Gasteiger partial charge in [-0.25, -0.2) is 0 Å². The van der Waals surface area contributed by atoms with Crippen molar-refractivity contribution in [1.82, 2.24) is 0 Å². The van der Waals surface area contributed by atoms with Gasteiger partial charge in [-0.3, -0.25) is 0 Å². The molecule has 0 saturated heterocycles. The largest absolute Gasteiger partial charge is 0.380 e. The minimum atomic E-state index is 0.684. The van der Waals surface area contributed by atoms with Gasteiger partial charge in [-0.05, 0) is 27.5 Å². The van der Waals surface area contributed by atoms with Crippen molar-refractivity contribution < 1.29 is 4.74 Å². The highest BCUT2D eigenvalue weighted by Crippen LogP contribution is 2.33. The molecule has 0 amide bonds. The highest BCUT2D eigenvalue weighted by molar-refractivity contribution is 6.05. The summed E-state index contributed by atoms with van der Waals surface area (Å²) in [5.74, 6) is 0. The molecule has 0 bridgehead atoms. The van der Waals surface area contributed by atoms with Crippen LogP contribution in [-0.2, 0) is 11.3 Å². The van der Waals surface area contributed by atoms with Gasteiger partial charge in [0, 0.05) is 7.11 Å². The maximum atomic E-state index is 5.21. The maximum Gasteiger partial charge on any atom is 0.0719 e. The topological polar surface area (TPSA) is 9.23 Å². The van der Waals surface area contributed by atoms with E-state index in [2.05, 4.69) is 42.5 Å². The molecular formula is C14H12O. The lowest BCUT2D eigenvalue weighted by atomic mass is 10.00. The van der Waals surface area contributed by atoms with E-state index in [-0.39, 0.29) is 0 Å². The number of rotatable bonds is 2. The fraction of sp³-hybridized carbons (Fsp3) is 0.143. The third-order valence-corrected chi connectivity index (χ3v) is 2.94. The summed E-state index contributed by atoms with van der Waals surface area (Å²) in [4.78, 5) is 0. The van der Waals surface area contributed by atoms with Gasteiger partial charge in [0.05, 0.1) is 6.61 Å².